The average molecular weight is 538 g/mol. The topological polar surface area (TPSA) is 54.7 Å². The summed E-state index contributed by atoms with van der Waals surface area (Å²) in [6, 6.07) is 5.61. The highest BCUT2D eigenvalue weighted by molar-refractivity contribution is 14.0. The fourth-order valence-corrected chi connectivity index (χ4v) is 3.69. The molecule has 2 heterocycles. The molecule has 2 aromatic rings. The molecule has 1 aliphatic rings. The lowest BCUT2D eigenvalue weighted by molar-refractivity contribution is -0.00803. The fraction of sp³-hybridized carbons (Fsp3) is 0.474. The molecule has 0 saturated carbocycles. The Labute approximate surface area is 193 Å². The summed E-state index contributed by atoms with van der Waals surface area (Å²) < 4.78 is 7.73. The molecule has 1 unspecified atom stereocenters. The van der Waals surface area contributed by atoms with Crippen molar-refractivity contribution < 1.29 is 4.74 Å². The summed E-state index contributed by atoms with van der Waals surface area (Å²) in [6.07, 6.45) is 4.65. The van der Waals surface area contributed by atoms with Crippen LogP contribution in [-0.4, -0.2) is 53.4 Å². The van der Waals surface area contributed by atoms with E-state index in [-0.39, 0.29) is 30.1 Å². The maximum absolute atomic E-state index is 6.08. The van der Waals surface area contributed by atoms with E-state index in [1.807, 2.05) is 31.6 Å². The largest absolute Gasteiger partial charge is 0.370 e. The SMILES string of the molecule is CCNC(=NCCc1cc(Cl)cc(Cl)c1)N1CCOC(c2cnn(C)c2)C1.I. The molecule has 154 valence electrons. The number of rotatable bonds is 5. The van der Waals surface area contributed by atoms with E-state index >= 15 is 0 Å². The highest BCUT2D eigenvalue weighted by Gasteiger charge is 2.25. The molecule has 0 aliphatic carbocycles. The van der Waals surface area contributed by atoms with Gasteiger partial charge in [0.25, 0.3) is 0 Å². The van der Waals surface area contributed by atoms with E-state index in [9.17, 15) is 0 Å². The normalized spacial score (nSPS) is 17.4. The Kier molecular flexibility index (Phi) is 9.33. The van der Waals surface area contributed by atoms with Crippen molar-refractivity contribution in [2.75, 3.05) is 32.8 Å². The number of halogens is 3. The van der Waals surface area contributed by atoms with E-state index in [4.69, 9.17) is 32.9 Å². The molecule has 6 nitrogen and oxygen atoms in total. The van der Waals surface area contributed by atoms with Crippen LogP contribution >= 0.6 is 47.2 Å². The van der Waals surface area contributed by atoms with Crippen LogP contribution in [0.15, 0.2) is 35.6 Å². The zero-order valence-electron chi connectivity index (χ0n) is 16.1. The number of morpholine rings is 1. The van der Waals surface area contributed by atoms with Crippen LogP contribution in [0.4, 0.5) is 0 Å². The van der Waals surface area contributed by atoms with Crippen molar-refractivity contribution >= 4 is 53.1 Å². The molecule has 1 saturated heterocycles. The predicted molar refractivity (Wildman–Crippen MR) is 125 cm³/mol. The molecule has 1 N–H and O–H groups in total. The van der Waals surface area contributed by atoms with Gasteiger partial charge >= 0.3 is 0 Å². The fourth-order valence-electron chi connectivity index (χ4n) is 3.12. The Morgan fingerprint density at radius 3 is 2.71 bits per heavy atom. The van der Waals surface area contributed by atoms with Crippen molar-refractivity contribution in [3.63, 3.8) is 0 Å². The summed E-state index contributed by atoms with van der Waals surface area (Å²) in [6.45, 7) is 5.77. The molecule has 28 heavy (non-hydrogen) atoms. The van der Waals surface area contributed by atoms with Gasteiger partial charge in [0.1, 0.15) is 6.10 Å². The van der Waals surface area contributed by atoms with Gasteiger partial charge < -0.3 is 15.0 Å². The summed E-state index contributed by atoms with van der Waals surface area (Å²) in [7, 11) is 1.91. The molecular weight excluding hydrogens is 512 g/mol. The van der Waals surface area contributed by atoms with Gasteiger partial charge in [0.05, 0.1) is 19.3 Å². The van der Waals surface area contributed by atoms with Crippen LogP contribution in [0.2, 0.25) is 10.0 Å². The number of hydrogen-bond donors (Lipinski definition) is 1. The summed E-state index contributed by atoms with van der Waals surface area (Å²) in [4.78, 5) is 7.04. The minimum absolute atomic E-state index is 0. The maximum atomic E-state index is 6.08. The van der Waals surface area contributed by atoms with Gasteiger partial charge in [-0.2, -0.15) is 5.10 Å². The lowest BCUT2D eigenvalue weighted by Gasteiger charge is -2.34. The number of benzene rings is 1. The second kappa shape index (κ2) is 11.2. The minimum Gasteiger partial charge on any atom is -0.370 e. The number of aromatic nitrogens is 2. The lowest BCUT2D eigenvalue weighted by Crippen LogP contribution is -2.48. The number of hydrogen-bond acceptors (Lipinski definition) is 3. The highest BCUT2D eigenvalue weighted by Crippen LogP contribution is 2.22. The first-order chi connectivity index (χ1) is 13.0. The smallest absolute Gasteiger partial charge is 0.194 e. The van der Waals surface area contributed by atoms with Gasteiger partial charge in [-0.25, -0.2) is 0 Å². The number of aliphatic imine (C=N–C) groups is 1. The van der Waals surface area contributed by atoms with E-state index in [1.165, 1.54) is 0 Å². The van der Waals surface area contributed by atoms with Crippen LogP contribution in [-0.2, 0) is 18.2 Å². The maximum Gasteiger partial charge on any atom is 0.194 e. The molecule has 0 bridgehead atoms. The minimum atomic E-state index is 0. The van der Waals surface area contributed by atoms with Crippen molar-refractivity contribution in [1.82, 2.24) is 20.0 Å². The van der Waals surface area contributed by atoms with Crippen molar-refractivity contribution in [2.45, 2.75) is 19.4 Å². The van der Waals surface area contributed by atoms with Crippen LogP contribution < -0.4 is 5.32 Å². The standard InChI is InChI=1S/C19H25Cl2N5O.HI/c1-3-22-19(23-5-4-14-8-16(20)10-17(21)9-14)26-6-7-27-18(13-26)15-11-24-25(2)12-15;/h8-12,18H,3-7,13H2,1-2H3,(H,22,23);1H. The van der Waals surface area contributed by atoms with Gasteiger partial charge in [-0.15, -0.1) is 24.0 Å². The third-order valence-corrected chi connectivity index (χ3v) is 4.82. The Balaban J connectivity index is 0.00000280. The number of nitrogens with one attached hydrogen (secondary N) is 1. The van der Waals surface area contributed by atoms with Crippen LogP contribution in [0.5, 0.6) is 0 Å². The molecular formula is C19H26Cl2IN5O. The molecule has 9 heteroatoms. The average Bonchev–Trinajstić information content (AvgIpc) is 3.07. The number of nitrogens with zero attached hydrogens (tertiary/aromatic N) is 4. The molecule has 1 atom stereocenters. The van der Waals surface area contributed by atoms with Crippen LogP contribution in [0.1, 0.15) is 24.2 Å². The number of guanidine groups is 1. The van der Waals surface area contributed by atoms with Crippen molar-refractivity contribution in [2.24, 2.45) is 12.0 Å². The zero-order chi connectivity index (χ0) is 19.2. The first-order valence-electron chi connectivity index (χ1n) is 9.13. The first-order valence-corrected chi connectivity index (χ1v) is 9.89. The third kappa shape index (κ3) is 6.50. The van der Waals surface area contributed by atoms with Gasteiger partial charge in [-0.05, 0) is 37.1 Å². The molecule has 1 aromatic carbocycles. The number of ether oxygens (including phenoxy) is 1. The monoisotopic (exact) mass is 537 g/mol. The molecule has 0 amide bonds. The zero-order valence-corrected chi connectivity index (χ0v) is 19.9. The van der Waals surface area contributed by atoms with Gasteiger partial charge in [0, 0.05) is 48.5 Å². The summed E-state index contributed by atoms with van der Waals surface area (Å²) >= 11 is 12.2. The van der Waals surface area contributed by atoms with Crippen molar-refractivity contribution in [3.8, 4) is 0 Å². The van der Waals surface area contributed by atoms with Crippen LogP contribution in [0, 0.1) is 0 Å². The van der Waals surface area contributed by atoms with Gasteiger partial charge in [0.15, 0.2) is 5.96 Å². The Morgan fingerprint density at radius 2 is 2.07 bits per heavy atom. The Bertz CT molecular complexity index is 778. The Morgan fingerprint density at radius 1 is 1.32 bits per heavy atom. The molecule has 1 fully saturated rings. The lowest BCUT2D eigenvalue weighted by atomic mass is 10.1. The second-order valence-electron chi connectivity index (χ2n) is 6.52. The van der Waals surface area contributed by atoms with Crippen LogP contribution in [0.3, 0.4) is 0 Å². The molecule has 1 aliphatic heterocycles. The summed E-state index contributed by atoms with van der Waals surface area (Å²) in [5.74, 6) is 0.905. The second-order valence-corrected chi connectivity index (χ2v) is 7.39. The summed E-state index contributed by atoms with van der Waals surface area (Å²) in [5.41, 5.74) is 2.17. The van der Waals surface area contributed by atoms with Gasteiger partial charge in [0.2, 0.25) is 0 Å². The van der Waals surface area contributed by atoms with Crippen molar-refractivity contribution in [1.29, 1.82) is 0 Å². The molecule has 0 spiro atoms. The molecule has 0 radical (unpaired) electrons. The van der Waals surface area contributed by atoms with Crippen molar-refractivity contribution in [3.05, 3.63) is 51.8 Å². The predicted octanol–water partition coefficient (Wildman–Crippen LogP) is 3.93. The van der Waals surface area contributed by atoms with E-state index in [1.54, 1.807) is 10.7 Å². The van der Waals surface area contributed by atoms with Crippen LogP contribution in [0.25, 0.3) is 0 Å². The molecule has 3 rings (SSSR count). The highest BCUT2D eigenvalue weighted by atomic mass is 127. The van der Waals surface area contributed by atoms with E-state index in [2.05, 4.69) is 22.2 Å². The van der Waals surface area contributed by atoms with Gasteiger partial charge in [-0.1, -0.05) is 23.2 Å². The Hall–Kier alpha value is -1.03. The van der Waals surface area contributed by atoms with E-state index < -0.39 is 0 Å². The summed E-state index contributed by atoms with van der Waals surface area (Å²) in [5, 5.41) is 8.94. The number of aryl methyl sites for hydroxylation is 1. The quantitative estimate of drug-likeness (QED) is 0.357. The third-order valence-electron chi connectivity index (χ3n) is 4.38. The first kappa shape index (κ1) is 23.3. The van der Waals surface area contributed by atoms with Gasteiger partial charge in [-0.3, -0.25) is 9.67 Å². The molecule has 1 aromatic heterocycles. The van der Waals surface area contributed by atoms with E-state index in [0.29, 0.717) is 23.2 Å². The van der Waals surface area contributed by atoms with E-state index in [0.717, 1.165) is 43.1 Å².